The molecule has 2 rings (SSSR count). The second-order valence-corrected chi connectivity index (χ2v) is 5.24. The highest BCUT2D eigenvalue weighted by molar-refractivity contribution is 5.92. The van der Waals surface area contributed by atoms with Gasteiger partial charge in [0.25, 0.3) is 0 Å². The van der Waals surface area contributed by atoms with E-state index in [2.05, 4.69) is 0 Å². The van der Waals surface area contributed by atoms with Gasteiger partial charge in [-0.25, -0.2) is 4.79 Å². The van der Waals surface area contributed by atoms with Gasteiger partial charge in [0.2, 0.25) is 0 Å². The normalized spacial score (nSPS) is 12.1. The number of hydrogen-bond acceptors (Lipinski definition) is 2. The molecule has 2 aromatic carbocycles. The van der Waals surface area contributed by atoms with E-state index in [0.29, 0.717) is 12.1 Å². The van der Waals surface area contributed by atoms with Gasteiger partial charge in [0.15, 0.2) is 0 Å². The highest BCUT2D eigenvalue weighted by Gasteiger charge is 2.37. The van der Waals surface area contributed by atoms with Crippen LogP contribution < -0.4 is 4.74 Å². The van der Waals surface area contributed by atoms with Crippen LogP contribution in [0.25, 0.3) is 11.1 Å². The molecule has 0 unspecified atom stereocenters. The smallest absolute Gasteiger partial charge is 0.416 e. The van der Waals surface area contributed by atoms with Gasteiger partial charge >= 0.3 is 18.3 Å². The van der Waals surface area contributed by atoms with Gasteiger partial charge in [-0.2, -0.15) is 26.3 Å². The van der Waals surface area contributed by atoms with Crippen LogP contribution in [-0.4, -0.2) is 17.7 Å². The lowest BCUT2D eigenvalue weighted by molar-refractivity contribution is -0.143. The summed E-state index contributed by atoms with van der Waals surface area (Å²) in [5.41, 5.74) is -3.84. The molecule has 0 heterocycles. The monoisotopic (exact) mass is 378 g/mol. The molecule has 1 N–H and O–H groups in total. The topological polar surface area (TPSA) is 46.5 Å². The first-order valence-corrected chi connectivity index (χ1v) is 7.23. The summed E-state index contributed by atoms with van der Waals surface area (Å²) in [7, 11) is 0. The van der Waals surface area contributed by atoms with Crippen LogP contribution in [0.3, 0.4) is 0 Å². The number of benzene rings is 2. The third kappa shape index (κ3) is 4.27. The van der Waals surface area contributed by atoms with Gasteiger partial charge in [-0.15, -0.1) is 0 Å². The summed E-state index contributed by atoms with van der Waals surface area (Å²) in [5, 5.41) is 9.19. The molecule has 0 spiro atoms. The second-order valence-electron chi connectivity index (χ2n) is 5.24. The molecular formula is C17H12F6O3. The molecule has 3 nitrogen and oxygen atoms in total. The Morgan fingerprint density at radius 3 is 1.88 bits per heavy atom. The Balaban J connectivity index is 2.67. The number of ether oxygens (including phenoxy) is 1. The lowest BCUT2D eigenvalue weighted by Crippen LogP contribution is -2.11. The third-order valence-electron chi connectivity index (χ3n) is 3.43. The molecule has 0 saturated heterocycles. The van der Waals surface area contributed by atoms with E-state index in [-0.39, 0.29) is 29.5 Å². The number of carboxylic acids is 1. The van der Waals surface area contributed by atoms with Crippen molar-refractivity contribution in [2.45, 2.75) is 19.3 Å². The summed E-state index contributed by atoms with van der Waals surface area (Å²) in [6.45, 7) is 1.74. The first-order valence-electron chi connectivity index (χ1n) is 7.23. The van der Waals surface area contributed by atoms with Crippen LogP contribution in [0.5, 0.6) is 5.75 Å². The van der Waals surface area contributed by atoms with Gasteiger partial charge in [0.1, 0.15) is 11.3 Å². The Labute approximate surface area is 143 Å². The van der Waals surface area contributed by atoms with Gasteiger partial charge in [-0.05, 0) is 48.4 Å². The molecule has 0 aromatic heterocycles. The van der Waals surface area contributed by atoms with Crippen LogP contribution in [0.15, 0.2) is 36.4 Å². The summed E-state index contributed by atoms with van der Waals surface area (Å²) < 4.78 is 82.8. The summed E-state index contributed by atoms with van der Waals surface area (Å²) >= 11 is 0. The van der Waals surface area contributed by atoms with Crippen molar-refractivity contribution < 1.29 is 41.0 Å². The van der Waals surface area contributed by atoms with E-state index in [9.17, 15) is 36.2 Å². The van der Waals surface area contributed by atoms with Gasteiger partial charge < -0.3 is 9.84 Å². The van der Waals surface area contributed by atoms with Crippen molar-refractivity contribution >= 4 is 5.97 Å². The minimum atomic E-state index is -4.99. The summed E-state index contributed by atoms with van der Waals surface area (Å²) in [6.07, 6.45) is -9.98. The molecular weight excluding hydrogens is 366 g/mol. The number of halogens is 6. The van der Waals surface area contributed by atoms with Crippen LogP contribution in [-0.2, 0) is 12.4 Å². The summed E-state index contributed by atoms with van der Waals surface area (Å²) in [4.78, 5) is 11.3. The zero-order valence-corrected chi connectivity index (χ0v) is 13.2. The Morgan fingerprint density at radius 2 is 1.46 bits per heavy atom. The fourth-order valence-electron chi connectivity index (χ4n) is 2.28. The van der Waals surface area contributed by atoms with Crippen molar-refractivity contribution in [1.82, 2.24) is 0 Å². The fourth-order valence-corrected chi connectivity index (χ4v) is 2.28. The van der Waals surface area contributed by atoms with Gasteiger partial charge in [0, 0.05) is 0 Å². The Kier molecular flexibility index (Phi) is 5.20. The zero-order valence-electron chi connectivity index (χ0n) is 13.2. The number of rotatable bonds is 4. The van der Waals surface area contributed by atoms with Crippen molar-refractivity contribution in [3.63, 3.8) is 0 Å². The lowest BCUT2D eigenvalue weighted by Gasteiger charge is -2.15. The predicted molar refractivity (Wildman–Crippen MR) is 80.0 cm³/mol. The van der Waals surface area contributed by atoms with E-state index >= 15 is 0 Å². The van der Waals surface area contributed by atoms with E-state index in [0.717, 1.165) is 6.07 Å². The van der Waals surface area contributed by atoms with Gasteiger partial charge in [0.05, 0.1) is 17.7 Å². The van der Waals surface area contributed by atoms with Crippen molar-refractivity contribution in [3.05, 3.63) is 53.1 Å². The average Bonchev–Trinajstić information content (AvgIpc) is 2.53. The summed E-state index contributed by atoms with van der Waals surface area (Å²) in [6, 6.07) is 4.45. The predicted octanol–water partition coefficient (Wildman–Crippen LogP) is 5.49. The SMILES string of the molecule is CCOc1ccc(-c2cc(C(F)(F)F)cc(C(F)(F)F)c2)cc1C(=O)O. The number of carbonyl (C=O) groups is 1. The van der Waals surface area contributed by atoms with Gasteiger partial charge in [-0.3, -0.25) is 0 Å². The van der Waals surface area contributed by atoms with E-state index in [1.54, 1.807) is 6.92 Å². The van der Waals surface area contributed by atoms with E-state index < -0.39 is 35.0 Å². The molecule has 0 fully saturated rings. The molecule has 0 aliphatic heterocycles. The standard InChI is InChI=1S/C17H12F6O3/c1-2-26-14-4-3-9(7-13(14)15(24)25)10-5-11(16(18,19)20)8-12(6-10)17(21,22)23/h3-8H,2H2,1H3,(H,24,25). The molecule has 9 heteroatoms. The Morgan fingerprint density at radius 1 is 0.923 bits per heavy atom. The Bertz CT molecular complexity index is 792. The highest BCUT2D eigenvalue weighted by atomic mass is 19.4. The van der Waals surface area contributed by atoms with Crippen molar-refractivity contribution in [2.24, 2.45) is 0 Å². The minimum Gasteiger partial charge on any atom is -0.493 e. The summed E-state index contributed by atoms with van der Waals surface area (Å²) in [5.74, 6) is -1.45. The number of carboxylic acid groups (broad SMARTS) is 1. The van der Waals surface area contributed by atoms with Crippen LogP contribution in [0, 0.1) is 0 Å². The molecule has 0 bridgehead atoms. The molecule has 0 amide bonds. The molecule has 0 aliphatic carbocycles. The molecule has 140 valence electrons. The van der Waals surface area contributed by atoms with Crippen molar-refractivity contribution in [1.29, 1.82) is 0 Å². The van der Waals surface area contributed by atoms with Crippen molar-refractivity contribution in [2.75, 3.05) is 6.61 Å². The minimum absolute atomic E-state index is 0.0101. The highest BCUT2D eigenvalue weighted by Crippen LogP contribution is 2.39. The Hall–Kier alpha value is -2.71. The third-order valence-corrected chi connectivity index (χ3v) is 3.43. The van der Waals surface area contributed by atoms with Crippen LogP contribution in [0.2, 0.25) is 0 Å². The first-order chi connectivity index (χ1) is 11.9. The largest absolute Gasteiger partial charge is 0.493 e. The number of alkyl halides is 6. The average molecular weight is 378 g/mol. The first kappa shape index (κ1) is 19.6. The second kappa shape index (κ2) is 6.89. The van der Waals surface area contributed by atoms with Crippen LogP contribution in [0.1, 0.15) is 28.4 Å². The van der Waals surface area contributed by atoms with Crippen molar-refractivity contribution in [3.8, 4) is 16.9 Å². The molecule has 26 heavy (non-hydrogen) atoms. The van der Waals surface area contributed by atoms with Gasteiger partial charge in [-0.1, -0.05) is 6.07 Å². The molecule has 0 radical (unpaired) electrons. The van der Waals surface area contributed by atoms with Crippen LogP contribution >= 0.6 is 0 Å². The molecule has 2 aromatic rings. The zero-order chi connectivity index (χ0) is 19.7. The van der Waals surface area contributed by atoms with E-state index in [1.165, 1.54) is 12.1 Å². The maximum Gasteiger partial charge on any atom is 0.416 e. The molecule has 0 aliphatic rings. The maximum absolute atomic E-state index is 12.9. The number of aromatic carboxylic acids is 1. The lowest BCUT2D eigenvalue weighted by atomic mass is 9.97. The molecule has 0 atom stereocenters. The van der Waals surface area contributed by atoms with E-state index in [4.69, 9.17) is 4.74 Å². The quantitative estimate of drug-likeness (QED) is 0.716. The fraction of sp³-hybridized carbons (Fsp3) is 0.235. The molecule has 0 saturated carbocycles. The van der Waals surface area contributed by atoms with E-state index in [1.807, 2.05) is 0 Å². The number of hydrogen-bond donors (Lipinski definition) is 1. The maximum atomic E-state index is 12.9. The van der Waals surface area contributed by atoms with Crippen LogP contribution in [0.4, 0.5) is 26.3 Å².